The number of oxazole rings is 1. The van der Waals surface area contributed by atoms with E-state index in [0.717, 1.165) is 16.7 Å². The van der Waals surface area contributed by atoms with Gasteiger partial charge in [0.25, 0.3) is 0 Å². The van der Waals surface area contributed by atoms with Gasteiger partial charge in [0, 0.05) is 23.5 Å². The van der Waals surface area contributed by atoms with E-state index < -0.39 is 17.9 Å². The van der Waals surface area contributed by atoms with E-state index in [1.54, 1.807) is 6.92 Å². The Hall–Kier alpha value is -4.52. The van der Waals surface area contributed by atoms with E-state index in [1.807, 2.05) is 91.0 Å². The molecule has 0 aliphatic heterocycles. The molecule has 4 rings (SSSR count). The smallest absolute Gasteiger partial charge is 0.227 e. The number of primary amides is 1. The van der Waals surface area contributed by atoms with Crippen LogP contribution in [0.15, 0.2) is 95.4 Å². The number of carbonyl (C=O) groups excluding carboxylic acids is 3. The quantitative estimate of drug-likeness (QED) is 0.254. The Morgan fingerprint density at radius 1 is 0.842 bits per heavy atom. The molecule has 4 aromatic rings. The summed E-state index contributed by atoms with van der Waals surface area (Å²) in [6.07, 6.45) is 1.33. The average molecular weight is 510 g/mol. The minimum absolute atomic E-state index is 0.0798. The predicted molar refractivity (Wildman–Crippen MR) is 146 cm³/mol. The van der Waals surface area contributed by atoms with Gasteiger partial charge >= 0.3 is 0 Å². The Bertz CT molecular complexity index is 1370. The van der Waals surface area contributed by atoms with Crippen LogP contribution in [-0.4, -0.2) is 28.6 Å². The number of benzene rings is 3. The zero-order chi connectivity index (χ0) is 26.9. The van der Waals surface area contributed by atoms with E-state index in [0.29, 0.717) is 30.8 Å². The molecule has 0 aliphatic rings. The van der Waals surface area contributed by atoms with Crippen LogP contribution in [0.25, 0.3) is 22.7 Å². The topological polar surface area (TPSA) is 115 Å². The lowest BCUT2D eigenvalue weighted by Crippen LogP contribution is -2.41. The molecule has 7 heteroatoms. The lowest BCUT2D eigenvalue weighted by molar-refractivity contribution is -0.123. The fraction of sp³-hybridized carbons (Fsp3) is 0.226. The Labute approximate surface area is 222 Å². The molecule has 0 saturated heterocycles. The van der Waals surface area contributed by atoms with Crippen molar-refractivity contribution in [3.05, 3.63) is 102 Å². The van der Waals surface area contributed by atoms with Crippen LogP contribution in [-0.2, 0) is 16.0 Å². The highest BCUT2D eigenvalue weighted by molar-refractivity contribution is 6.04. The van der Waals surface area contributed by atoms with Crippen LogP contribution >= 0.6 is 0 Å². The number of amides is 2. The molecule has 0 aliphatic carbocycles. The molecule has 0 radical (unpaired) electrons. The molecule has 2 atom stereocenters. The second kappa shape index (κ2) is 12.6. The number of hydrogen-bond donors (Lipinski definition) is 2. The van der Waals surface area contributed by atoms with Gasteiger partial charge in [0.05, 0.1) is 6.04 Å². The lowest BCUT2D eigenvalue weighted by Gasteiger charge is -2.18. The van der Waals surface area contributed by atoms with E-state index in [-0.39, 0.29) is 23.9 Å². The summed E-state index contributed by atoms with van der Waals surface area (Å²) in [5.74, 6) is -1.15. The third-order valence-corrected chi connectivity index (χ3v) is 6.43. The largest absolute Gasteiger partial charge is 0.432 e. The third-order valence-electron chi connectivity index (χ3n) is 6.43. The molecule has 194 valence electrons. The normalized spacial score (nSPS) is 12.4. The fourth-order valence-electron chi connectivity index (χ4n) is 4.12. The first kappa shape index (κ1) is 26.5. The Morgan fingerprint density at radius 2 is 1.42 bits per heavy atom. The Balaban J connectivity index is 1.65. The third kappa shape index (κ3) is 6.82. The summed E-state index contributed by atoms with van der Waals surface area (Å²) < 4.78 is 6.09. The minimum Gasteiger partial charge on any atom is -0.432 e. The molecule has 7 nitrogen and oxygen atoms in total. The number of aromatic nitrogens is 1. The van der Waals surface area contributed by atoms with Crippen LogP contribution in [0.3, 0.4) is 0 Å². The molecule has 0 spiro atoms. The number of nitrogens with zero attached hydrogens (tertiary/aromatic N) is 1. The molecular formula is C31H31N3O4. The van der Waals surface area contributed by atoms with E-state index >= 15 is 0 Å². The summed E-state index contributed by atoms with van der Waals surface area (Å²) in [6.45, 7) is 1.68. The van der Waals surface area contributed by atoms with Crippen molar-refractivity contribution in [2.75, 3.05) is 0 Å². The molecule has 38 heavy (non-hydrogen) atoms. The van der Waals surface area contributed by atoms with Crippen molar-refractivity contribution < 1.29 is 18.8 Å². The van der Waals surface area contributed by atoms with Gasteiger partial charge in [0.2, 0.25) is 29.2 Å². The average Bonchev–Trinajstić information content (AvgIpc) is 3.40. The minimum atomic E-state index is -0.842. The highest BCUT2D eigenvalue weighted by atomic mass is 16.4. The van der Waals surface area contributed by atoms with E-state index in [2.05, 4.69) is 10.3 Å². The molecule has 3 N–H and O–H groups in total. The van der Waals surface area contributed by atoms with Gasteiger partial charge in [-0.15, -0.1) is 0 Å². The second-order valence-electron chi connectivity index (χ2n) is 9.28. The van der Waals surface area contributed by atoms with E-state index in [4.69, 9.17) is 10.2 Å². The first-order valence-corrected chi connectivity index (χ1v) is 12.7. The highest BCUT2D eigenvalue weighted by Gasteiger charge is 2.30. The highest BCUT2D eigenvalue weighted by Crippen LogP contribution is 2.30. The van der Waals surface area contributed by atoms with Crippen LogP contribution in [0.2, 0.25) is 0 Å². The number of nitrogens with one attached hydrogen (secondary N) is 1. The van der Waals surface area contributed by atoms with Gasteiger partial charge in [-0.3, -0.25) is 14.4 Å². The summed E-state index contributed by atoms with van der Waals surface area (Å²) in [5.41, 5.74) is 8.30. The van der Waals surface area contributed by atoms with E-state index in [1.165, 1.54) is 0 Å². The van der Waals surface area contributed by atoms with Gasteiger partial charge in [-0.1, -0.05) is 85.8 Å². The summed E-state index contributed by atoms with van der Waals surface area (Å²) in [7, 11) is 0. The van der Waals surface area contributed by atoms with Gasteiger partial charge in [-0.25, -0.2) is 4.98 Å². The van der Waals surface area contributed by atoms with Crippen molar-refractivity contribution in [2.24, 2.45) is 11.7 Å². The monoisotopic (exact) mass is 509 g/mol. The number of hydrogen-bond acceptors (Lipinski definition) is 5. The van der Waals surface area contributed by atoms with Gasteiger partial charge in [0.1, 0.15) is 5.69 Å². The standard InChI is InChI=1S/C31H31N3O4/c1-21(30(32)37)17-20-26(35)33-25(19-18-22-11-5-2-6-12-22)28(36)29-27(23-13-7-3-8-14-23)34-31(38-29)24-15-9-4-10-16-24/h2-16,21,25H,17-20H2,1H3,(H2,32,37)(H,33,35)/t21?,25-/m0/s1. The van der Waals surface area contributed by atoms with Crippen LogP contribution < -0.4 is 11.1 Å². The zero-order valence-corrected chi connectivity index (χ0v) is 21.3. The molecule has 3 aromatic carbocycles. The number of aryl methyl sites for hydroxylation is 1. The van der Waals surface area contributed by atoms with Gasteiger partial charge in [-0.05, 0) is 37.0 Å². The number of Topliss-reactive ketones (excluding diaryl/α,β-unsaturated/α-hetero) is 1. The SMILES string of the molecule is CC(CCC(=O)N[C@@H](CCc1ccccc1)C(=O)c1oc(-c2ccccc2)nc1-c1ccccc1)C(N)=O. The molecule has 2 amide bonds. The van der Waals surface area contributed by atoms with Gasteiger partial charge < -0.3 is 15.5 Å². The van der Waals surface area contributed by atoms with Crippen LogP contribution in [0.1, 0.15) is 42.3 Å². The van der Waals surface area contributed by atoms with Crippen molar-refractivity contribution in [1.29, 1.82) is 0 Å². The lowest BCUT2D eigenvalue weighted by atomic mass is 9.98. The maximum Gasteiger partial charge on any atom is 0.227 e. The molecule has 0 fully saturated rings. The molecule has 0 bridgehead atoms. The molecular weight excluding hydrogens is 478 g/mol. The van der Waals surface area contributed by atoms with Crippen molar-refractivity contribution >= 4 is 17.6 Å². The van der Waals surface area contributed by atoms with Crippen molar-refractivity contribution in [1.82, 2.24) is 10.3 Å². The van der Waals surface area contributed by atoms with E-state index in [9.17, 15) is 14.4 Å². The maximum absolute atomic E-state index is 14.0. The van der Waals surface area contributed by atoms with Crippen LogP contribution in [0, 0.1) is 5.92 Å². The number of ketones is 1. The summed E-state index contributed by atoms with van der Waals surface area (Å²) in [6, 6.07) is 27.7. The second-order valence-corrected chi connectivity index (χ2v) is 9.28. The summed E-state index contributed by atoms with van der Waals surface area (Å²) in [4.78, 5) is 42.9. The van der Waals surface area contributed by atoms with Crippen LogP contribution in [0.4, 0.5) is 0 Å². The fourth-order valence-corrected chi connectivity index (χ4v) is 4.12. The first-order valence-electron chi connectivity index (χ1n) is 12.7. The maximum atomic E-state index is 14.0. The predicted octanol–water partition coefficient (Wildman–Crippen LogP) is 5.21. The summed E-state index contributed by atoms with van der Waals surface area (Å²) in [5, 5.41) is 2.88. The first-order chi connectivity index (χ1) is 18.4. The molecule has 1 unspecified atom stereocenters. The van der Waals surface area contributed by atoms with Gasteiger partial charge in [0.15, 0.2) is 0 Å². The van der Waals surface area contributed by atoms with Crippen LogP contribution in [0.5, 0.6) is 0 Å². The number of carbonyl (C=O) groups is 3. The van der Waals surface area contributed by atoms with Crippen molar-refractivity contribution in [3.63, 3.8) is 0 Å². The Morgan fingerprint density at radius 3 is 2.03 bits per heavy atom. The van der Waals surface area contributed by atoms with Gasteiger partial charge in [-0.2, -0.15) is 0 Å². The molecule has 1 heterocycles. The molecule has 0 saturated carbocycles. The number of rotatable bonds is 12. The van der Waals surface area contributed by atoms with Crippen molar-refractivity contribution in [3.8, 4) is 22.7 Å². The summed E-state index contributed by atoms with van der Waals surface area (Å²) >= 11 is 0. The molecule has 1 aromatic heterocycles. The van der Waals surface area contributed by atoms with Crippen molar-refractivity contribution in [2.45, 2.75) is 38.6 Å². The number of nitrogens with two attached hydrogens (primary N) is 1. The Kier molecular flexibility index (Phi) is 8.82. The zero-order valence-electron chi connectivity index (χ0n) is 21.3.